The van der Waals surface area contributed by atoms with Crippen molar-refractivity contribution in [1.29, 1.82) is 0 Å². The highest BCUT2D eigenvalue weighted by Crippen LogP contribution is 2.38. The highest BCUT2D eigenvalue weighted by molar-refractivity contribution is 6.16. The summed E-state index contributed by atoms with van der Waals surface area (Å²) in [6.07, 6.45) is 1.61. The summed E-state index contributed by atoms with van der Waals surface area (Å²) < 4.78 is 0. The lowest BCUT2D eigenvalue weighted by molar-refractivity contribution is -0.516. The summed E-state index contributed by atoms with van der Waals surface area (Å²) >= 11 is 0. The monoisotopic (exact) mass is 265 g/mol. The molecule has 20 heavy (non-hydrogen) atoms. The van der Waals surface area contributed by atoms with E-state index < -0.39 is 11.0 Å². The van der Waals surface area contributed by atoms with Gasteiger partial charge in [-0.15, -0.1) is 0 Å². The van der Waals surface area contributed by atoms with Gasteiger partial charge in [0.1, 0.15) is 0 Å². The molecule has 0 heterocycles. The second-order valence-electron chi connectivity index (χ2n) is 4.61. The Hall–Kier alpha value is -2.75. The molecule has 0 N–H and O–H groups in total. The van der Waals surface area contributed by atoms with E-state index in [4.69, 9.17) is 0 Å². The predicted octanol–water partition coefficient (Wildman–Crippen LogP) is 3.28. The largest absolute Gasteiger partial charge is 0.289 e. The predicted molar refractivity (Wildman–Crippen MR) is 74.9 cm³/mol. The van der Waals surface area contributed by atoms with E-state index in [0.29, 0.717) is 11.1 Å². The Morgan fingerprint density at radius 3 is 2.35 bits per heavy atom. The molecular formula is C16H11NO3. The molecule has 1 atom stereocenters. The number of hydrogen-bond acceptors (Lipinski definition) is 3. The lowest BCUT2D eigenvalue weighted by atomic mass is 10.0. The standard InChI is InChI=1S/C16H11NO3/c18-16-13-9-5-4-8-12(13)15(17(19)20)14(16)10-11-6-2-1-3-7-11/h1-10,15H. The van der Waals surface area contributed by atoms with Crippen LogP contribution in [0.1, 0.15) is 27.5 Å². The summed E-state index contributed by atoms with van der Waals surface area (Å²) in [6.45, 7) is 0. The second-order valence-corrected chi connectivity index (χ2v) is 4.61. The molecule has 4 nitrogen and oxygen atoms in total. The van der Waals surface area contributed by atoms with Crippen molar-refractivity contribution >= 4 is 11.9 Å². The molecular weight excluding hydrogens is 254 g/mol. The number of rotatable bonds is 2. The highest BCUT2D eigenvalue weighted by Gasteiger charge is 2.42. The maximum atomic E-state index is 12.3. The van der Waals surface area contributed by atoms with Crippen LogP contribution < -0.4 is 0 Å². The topological polar surface area (TPSA) is 60.2 Å². The van der Waals surface area contributed by atoms with E-state index in [2.05, 4.69) is 0 Å². The molecule has 2 aromatic rings. The minimum absolute atomic E-state index is 0.224. The first-order chi connectivity index (χ1) is 9.68. The molecule has 0 saturated heterocycles. The number of carbonyl (C=O) groups is 1. The molecule has 98 valence electrons. The molecule has 0 fully saturated rings. The van der Waals surface area contributed by atoms with Crippen molar-refractivity contribution in [2.75, 3.05) is 0 Å². The van der Waals surface area contributed by atoms with Crippen LogP contribution >= 0.6 is 0 Å². The molecule has 4 heteroatoms. The van der Waals surface area contributed by atoms with E-state index in [1.54, 1.807) is 30.3 Å². The second kappa shape index (κ2) is 4.74. The Bertz CT molecular complexity index is 720. The zero-order chi connectivity index (χ0) is 14.1. The average Bonchev–Trinajstić information content (AvgIpc) is 2.74. The third-order valence-electron chi connectivity index (χ3n) is 3.39. The molecule has 1 aliphatic rings. The lowest BCUT2D eigenvalue weighted by Crippen LogP contribution is -2.10. The van der Waals surface area contributed by atoms with Crippen LogP contribution in [0.25, 0.3) is 6.08 Å². The first-order valence-electron chi connectivity index (χ1n) is 6.22. The van der Waals surface area contributed by atoms with Crippen LogP contribution in [-0.4, -0.2) is 10.7 Å². The van der Waals surface area contributed by atoms with E-state index in [1.165, 1.54) is 0 Å². The van der Waals surface area contributed by atoms with Gasteiger partial charge in [-0.1, -0.05) is 54.6 Å². The molecule has 0 spiro atoms. The van der Waals surface area contributed by atoms with Crippen molar-refractivity contribution in [1.82, 2.24) is 0 Å². The molecule has 2 aromatic carbocycles. The van der Waals surface area contributed by atoms with Gasteiger partial charge in [-0.25, -0.2) is 0 Å². The van der Waals surface area contributed by atoms with Crippen LogP contribution in [0, 0.1) is 10.1 Å². The molecule has 1 unspecified atom stereocenters. The number of nitrogens with zero attached hydrogens (tertiary/aromatic N) is 1. The van der Waals surface area contributed by atoms with Gasteiger partial charge in [0.05, 0.1) is 5.57 Å². The van der Waals surface area contributed by atoms with Gasteiger partial charge < -0.3 is 0 Å². The number of hydrogen-bond donors (Lipinski definition) is 0. The number of fused-ring (bicyclic) bond motifs is 1. The maximum absolute atomic E-state index is 12.3. The minimum Gasteiger partial charge on any atom is -0.289 e. The summed E-state index contributed by atoms with van der Waals surface area (Å²) in [4.78, 5) is 23.3. The van der Waals surface area contributed by atoms with Gasteiger partial charge in [-0.05, 0) is 11.6 Å². The summed E-state index contributed by atoms with van der Waals surface area (Å²) in [7, 11) is 0. The Labute approximate surface area is 115 Å². The third-order valence-corrected chi connectivity index (χ3v) is 3.39. The van der Waals surface area contributed by atoms with Gasteiger partial charge in [0.2, 0.25) is 0 Å². The van der Waals surface area contributed by atoms with E-state index in [9.17, 15) is 14.9 Å². The van der Waals surface area contributed by atoms with Crippen LogP contribution in [0.3, 0.4) is 0 Å². The van der Waals surface area contributed by atoms with Gasteiger partial charge in [0.15, 0.2) is 5.78 Å². The average molecular weight is 265 g/mol. The number of ketones is 1. The molecule has 0 bridgehead atoms. The number of Topliss-reactive ketones (excluding diaryl/α,β-unsaturated/α-hetero) is 1. The third kappa shape index (κ3) is 1.91. The molecule has 0 amide bonds. The summed E-state index contributed by atoms with van der Waals surface area (Å²) in [6, 6.07) is 14.8. The normalized spacial score (nSPS) is 19.1. The first kappa shape index (κ1) is 12.3. The lowest BCUT2D eigenvalue weighted by Gasteiger charge is -2.04. The van der Waals surface area contributed by atoms with E-state index in [0.717, 1.165) is 5.56 Å². The van der Waals surface area contributed by atoms with E-state index >= 15 is 0 Å². The van der Waals surface area contributed by atoms with Crippen molar-refractivity contribution in [3.05, 3.63) is 87.0 Å². The van der Waals surface area contributed by atoms with Gasteiger partial charge in [0.25, 0.3) is 6.04 Å². The molecule has 1 aliphatic carbocycles. The number of benzene rings is 2. The summed E-state index contributed by atoms with van der Waals surface area (Å²) in [5.41, 5.74) is 1.92. The quantitative estimate of drug-likeness (QED) is 0.475. The fraction of sp³-hybridized carbons (Fsp3) is 0.0625. The Balaban J connectivity index is 2.15. The van der Waals surface area contributed by atoms with Crippen molar-refractivity contribution < 1.29 is 9.72 Å². The number of nitro groups is 1. The van der Waals surface area contributed by atoms with Crippen LogP contribution in [-0.2, 0) is 0 Å². The van der Waals surface area contributed by atoms with Gasteiger partial charge >= 0.3 is 0 Å². The zero-order valence-corrected chi connectivity index (χ0v) is 10.5. The van der Waals surface area contributed by atoms with Crippen molar-refractivity contribution in [3.63, 3.8) is 0 Å². The van der Waals surface area contributed by atoms with Gasteiger partial charge in [-0.3, -0.25) is 14.9 Å². The smallest absolute Gasteiger partial charge is 0.267 e. The van der Waals surface area contributed by atoms with Crippen molar-refractivity contribution in [2.45, 2.75) is 6.04 Å². The van der Waals surface area contributed by atoms with Crippen molar-refractivity contribution in [3.8, 4) is 0 Å². The molecule has 3 rings (SSSR count). The maximum Gasteiger partial charge on any atom is 0.267 e. The van der Waals surface area contributed by atoms with Gasteiger partial charge in [0, 0.05) is 16.1 Å². The number of carbonyl (C=O) groups excluding carboxylic acids is 1. The molecule has 0 radical (unpaired) electrons. The summed E-state index contributed by atoms with van der Waals surface area (Å²) in [5, 5.41) is 11.3. The van der Waals surface area contributed by atoms with Gasteiger partial charge in [-0.2, -0.15) is 0 Å². The first-order valence-corrected chi connectivity index (χ1v) is 6.22. The fourth-order valence-corrected chi connectivity index (χ4v) is 2.49. The minimum atomic E-state index is -1.07. The zero-order valence-electron chi connectivity index (χ0n) is 10.5. The van der Waals surface area contributed by atoms with Crippen LogP contribution in [0.5, 0.6) is 0 Å². The Morgan fingerprint density at radius 1 is 1.00 bits per heavy atom. The molecule has 0 saturated carbocycles. The van der Waals surface area contributed by atoms with E-state index in [1.807, 2.05) is 30.3 Å². The fourth-order valence-electron chi connectivity index (χ4n) is 2.49. The van der Waals surface area contributed by atoms with Crippen LogP contribution in [0.4, 0.5) is 0 Å². The molecule has 0 aliphatic heterocycles. The highest BCUT2D eigenvalue weighted by atomic mass is 16.6. The SMILES string of the molecule is O=C1C(=Cc2ccccc2)C([N+](=O)[O-])c2ccccc21. The van der Waals surface area contributed by atoms with E-state index in [-0.39, 0.29) is 11.4 Å². The molecule has 0 aromatic heterocycles. The Morgan fingerprint density at radius 2 is 1.65 bits per heavy atom. The summed E-state index contributed by atoms with van der Waals surface area (Å²) in [5.74, 6) is -0.258. The van der Waals surface area contributed by atoms with Crippen molar-refractivity contribution in [2.24, 2.45) is 0 Å². The Kier molecular flexibility index (Phi) is 2.91. The van der Waals surface area contributed by atoms with Crippen LogP contribution in [0.15, 0.2) is 60.2 Å². The van der Waals surface area contributed by atoms with Crippen LogP contribution in [0.2, 0.25) is 0 Å².